The van der Waals surface area contributed by atoms with Crippen molar-refractivity contribution < 1.29 is 4.79 Å². The molecule has 7 heteroatoms. The number of benzene rings is 1. The minimum atomic E-state index is -0.236. The van der Waals surface area contributed by atoms with Crippen LogP contribution in [0.2, 0.25) is 0 Å². The molecule has 3 N–H and O–H groups in total. The maximum absolute atomic E-state index is 12.4. The molecule has 2 aromatic heterocycles. The summed E-state index contributed by atoms with van der Waals surface area (Å²) in [6.07, 6.45) is 3.19. The molecule has 2 amide bonds. The van der Waals surface area contributed by atoms with Gasteiger partial charge in [0.25, 0.3) is 0 Å². The fourth-order valence-electron chi connectivity index (χ4n) is 4.25. The number of carbonyl (C=O) groups is 1. The van der Waals surface area contributed by atoms with Crippen LogP contribution in [0.15, 0.2) is 24.3 Å². The highest BCUT2D eigenvalue weighted by Gasteiger charge is 2.29. The smallest absolute Gasteiger partial charge is 0.319 e. The molecular weight excluding hydrogens is 376 g/mol. The number of nitrogens with zero attached hydrogens (tertiary/aromatic N) is 3. The van der Waals surface area contributed by atoms with Crippen LogP contribution in [-0.4, -0.2) is 26.0 Å². The van der Waals surface area contributed by atoms with E-state index in [1.165, 1.54) is 11.3 Å². The van der Waals surface area contributed by atoms with Gasteiger partial charge in [0.05, 0.1) is 11.4 Å². The molecule has 0 saturated heterocycles. The van der Waals surface area contributed by atoms with E-state index in [9.17, 15) is 4.79 Å². The van der Waals surface area contributed by atoms with E-state index in [2.05, 4.69) is 39.8 Å². The summed E-state index contributed by atoms with van der Waals surface area (Å²) in [5.41, 5.74) is 8.65. The zero-order valence-electron chi connectivity index (χ0n) is 18.4. The number of rotatable bonds is 4. The second-order valence-electron chi connectivity index (χ2n) is 9.03. The normalized spacial score (nSPS) is 15.0. The van der Waals surface area contributed by atoms with Gasteiger partial charge < -0.3 is 10.6 Å². The van der Waals surface area contributed by atoms with E-state index in [-0.39, 0.29) is 6.03 Å². The monoisotopic (exact) mass is 406 g/mol. The number of carbonyl (C=O) groups excluding carboxylic acids is 1. The summed E-state index contributed by atoms with van der Waals surface area (Å²) < 4.78 is 1.83. The Hall–Kier alpha value is -3.09. The van der Waals surface area contributed by atoms with Crippen LogP contribution in [0.25, 0.3) is 11.3 Å². The number of hydrogen-bond donors (Lipinski definition) is 3. The number of urea groups is 1. The number of H-pyrrole nitrogens is 1. The van der Waals surface area contributed by atoms with Crippen LogP contribution in [0, 0.1) is 19.3 Å². The predicted molar refractivity (Wildman–Crippen MR) is 118 cm³/mol. The van der Waals surface area contributed by atoms with Gasteiger partial charge in [-0.3, -0.25) is 9.78 Å². The third-order valence-corrected chi connectivity index (χ3v) is 6.14. The Balaban J connectivity index is 1.45. The molecule has 0 aliphatic heterocycles. The molecule has 7 nitrogen and oxygen atoms in total. The van der Waals surface area contributed by atoms with Crippen LogP contribution >= 0.6 is 0 Å². The summed E-state index contributed by atoms with van der Waals surface area (Å²) in [5.74, 6) is 0. The Morgan fingerprint density at radius 1 is 1.30 bits per heavy atom. The Kier molecular flexibility index (Phi) is 5.13. The fourth-order valence-corrected chi connectivity index (χ4v) is 4.25. The Morgan fingerprint density at radius 2 is 2.10 bits per heavy atom. The van der Waals surface area contributed by atoms with E-state index in [4.69, 9.17) is 0 Å². The van der Waals surface area contributed by atoms with Crippen molar-refractivity contribution in [3.05, 3.63) is 52.5 Å². The molecule has 1 aliphatic rings. The third kappa shape index (κ3) is 3.97. The lowest BCUT2D eigenvalue weighted by Crippen LogP contribution is -2.28. The summed E-state index contributed by atoms with van der Waals surface area (Å²) in [6, 6.07) is 7.64. The summed E-state index contributed by atoms with van der Waals surface area (Å²) in [5, 5.41) is 18.1. The number of aromatic nitrogens is 4. The van der Waals surface area contributed by atoms with Crippen molar-refractivity contribution in [3.63, 3.8) is 0 Å². The molecule has 0 fully saturated rings. The van der Waals surface area contributed by atoms with Crippen molar-refractivity contribution in [2.45, 2.75) is 53.5 Å². The van der Waals surface area contributed by atoms with Gasteiger partial charge >= 0.3 is 6.03 Å². The molecule has 0 radical (unpaired) electrons. The third-order valence-electron chi connectivity index (χ3n) is 6.14. The lowest BCUT2D eigenvalue weighted by Gasteiger charge is -2.29. The number of hydrogen-bond acceptors (Lipinski definition) is 3. The van der Waals surface area contributed by atoms with Gasteiger partial charge in [0.1, 0.15) is 0 Å². The van der Waals surface area contributed by atoms with E-state index in [0.717, 1.165) is 53.2 Å². The lowest BCUT2D eigenvalue weighted by molar-refractivity contribution is 0.251. The topological polar surface area (TPSA) is 87.6 Å². The largest absolute Gasteiger partial charge is 0.334 e. The Labute approximate surface area is 177 Å². The molecule has 1 aliphatic carbocycles. The first-order valence-electron chi connectivity index (χ1n) is 10.4. The maximum atomic E-state index is 12.4. The Morgan fingerprint density at radius 3 is 2.83 bits per heavy atom. The first-order valence-corrected chi connectivity index (χ1v) is 10.4. The molecule has 1 aromatic carbocycles. The number of fused-ring (bicyclic) bond motifs is 1. The van der Waals surface area contributed by atoms with Crippen molar-refractivity contribution in [2.24, 2.45) is 12.5 Å². The molecule has 0 saturated carbocycles. The summed E-state index contributed by atoms with van der Waals surface area (Å²) >= 11 is 0. The minimum absolute atomic E-state index is 0.236. The molecule has 0 atom stereocenters. The molecular formula is C23H30N6O. The summed E-state index contributed by atoms with van der Waals surface area (Å²) in [7, 11) is 1.91. The zero-order chi connectivity index (χ0) is 21.5. The van der Waals surface area contributed by atoms with Gasteiger partial charge in [-0.2, -0.15) is 10.2 Å². The van der Waals surface area contributed by atoms with Gasteiger partial charge in [-0.25, -0.2) is 4.79 Å². The summed E-state index contributed by atoms with van der Waals surface area (Å²) in [6.45, 7) is 9.00. The number of aryl methyl sites for hydroxylation is 2. The lowest BCUT2D eigenvalue weighted by atomic mass is 9.76. The predicted octanol–water partition coefficient (Wildman–Crippen LogP) is 4.26. The Bertz CT molecular complexity index is 1090. The first-order chi connectivity index (χ1) is 14.2. The molecule has 4 rings (SSSR count). The van der Waals surface area contributed by atoms with E-state index in [1.807, 2.05) is 49.8 Å². The summed E-state index contributed by atoms with van der Waals surface area (Å²) in [4.78, 5) is 12.4. The molecule has 30 heavy (non-hydrogen) atoms. The maximum Gasteiger partial charge on any atom is 0.319 e. The van der Waals surface area contributed by atoms with Gasteiger partial charge in [-0.15, -0.1) is 0 Å². The number of amides is 2. The highest BCUT2D eigenvalue weighted by molar-refractivity contribution is 5.90. The van der Waals surface area contributed by atoms with Crippen LogP contribution in [0.4, 0.5) is 10.5 Å². The van der Waals surface area contributed by atoms with E-state index in [1.54, 1.807) is 0 Å². The second kappa shape index (κ2) is 7.63. The molecule has 0 bridgehead atoms. The van der Waals surface area contributed by atoms with Gasteiger partial charge in [-0.1, -0.05) is 26.0 Å². The van der Waals surface area contributed by atoms with Gasteiger partial charge in [-0.05, 0) is 50.7 Å². The second-order valence-corrected chi connectivity index (χ2v) is 9.03. The molecule has 2 heterocycles. The molecule has 3 aromatic rings. The van der Waals surface area contributed by atoms with Crippen LogP contribution < -0.4 is 10.6 Å². The molecule has 0 spiro atoms. The average molecular weight is 407 g/mol. The van der Waals surface area contributed by atoms with Crippen molar-refractivity contribution >= 4 is 11.7 Å². The van der Waals surface area contributed by atoms with Crippen molar-refractivity contribution in [2.75, 3.05) is 5.32 Å². The minimum Gasteiger partial charge on any atom is -0.334 e. The van der Waals surface area contributed by atoms with Gasteiger partial charge in [0, 0.05) is 47.4 Å². The fraction of sp³-hybridized carbons (Fsp3) is 0.435. The van der Waals surface area contributed by atoms with Crippen molar-refractivity contribution in [3.8, 4) is 11.3 Å². The first kappa shape index (κ1) is 20.2. The number of anilines is 1. The van der Waals surface area contributed by atoms with Gasteiger partial charge in [0.2, 0.25) is 0 Å². The van der Waals surface area contributed by atoms with E-state index < -0.39 is 0 Å². The van der Waals surface area contributed by atoms with Crippen LogP contribution in [-0.2, 0) is 26.4 Å². The van der Waals surface area contributed by atoms with Crippen LogP contribution in [0.1, 0.15) is 48.5 Å². The van der Waals surface area contributed by atoms with E-state index >= 15 is 0 Å². The van der Waals surface area contributed by atoms with Crippen molar-refractivity contribution in [1.82, 2.24) is 25.3 Å². The van der Waals surface area contributed by atoms with Crippen molar-refractivity contribution in [1.29, 1.82) is 0 Å². The SMILES string of the molecule is Cc1nn(C)c(C)c1CNC(=O)Nc1cccc(-c2n[nH]c3c2CCC(C)(C)C3)c1. The quantitative estimate of drug-likeness (QED) is 0.605. The van der Waals surface area contributed by atoms with Crippen LogP contribution in [0.3, 0.4) is 0 Å². The van der Waals surface area contributed by atoms with Gasteiger partial charge in [0.15, 0.2) is 0 Å². The molecule has 158 valence electrons. The standard InChI is InChI=1S/C23H30N6O/c1-14-19(15(2)29(5)28-14)13-24-22(30)25-17-8-6-7-16(11-17)21-18-9-10-23(3,4)12-20(18)26-27-21/h6-8,11H,9-10,12-13H2,1-5H3,(H,26,27)(H2,24,25,30). The number of aromatic amines is 1. The van der Waals surface area contributed by atoms with Crippen LogP contribution in [0.5, 0.6) is 0 Å². The molecule has 0 unspecified atom stereocenters. The highest BCUT2D eigenvalue weighted by atomic mass is 16.2. The average Bonchev–Trinajstić information content (AvgIpc) is 3.19. The zero-order valence-corrected chi connectivity index (χ0v) is 18.4. The van der Waals surface area contributed by atoms with E-state index in [0.29, 0.717) is 12.0 Å². The highest BCUT2D eigenvalue weighted by Crippen LogP contribution is 2.38. The number of nitrogens with one attached hydrogen (secondary N) is 3.